The number of hydrogen-bond donors (Lipinski definition) is 1. The molecule has 34 heavy (non-hydrogen) atoms. The SMILES string of the molecule is COCCCn1c(=S)[nH]c2cc(C(=O)N(Cc3ccccc3)Cc3ccccc3)ccc2c1=O. The third-order valence-electron chi connectivity index (χ3n) is 5.68. The average molecular weight is 474 g/mol. The monoisotopic (exact) mass is 473 g/mol. The number of fused-ring (bicyclic) bond motifs is 1. The summed E-state index contributed by atoms with van der Waals surface area (Å²) in [6, 6.07) is 25.0. The molecule has 1 heterocycles. The summed E-state index contributed by atoms with van der Waals surface area (Å²) >= 11 is 5.42. The maximum absolute atomic E-state index is 13.6. The van der Waals surface area contributed by atoms with E-state index < -0.39 is 0 Å². The second-order valence-electron chi connectivity index (χ2n) is 8.13. The van der Waals surface area contributed by atoms with Crippen molar-refractivity contribution in [3.05, 3.63) is 111 Å². The van der Waals surface area contributed by atoms with Gasteiger partial charge in [0.2, 0.25) is 0 Å². The average Bonchev–Trinajstić information content (AvgIpc) is 2.86. The molecule has 6 nitrogen and oxygen atoms in total. The summed E-state index contributed by atoms with van der Waals surface area (Å²) in [6.07, 6.45) is 0.684. The number of aromatic amines is 1. The van der Waals surface area contributed by atoms with Gasteiger partial charge in [0.15, 0.2) is 4.77 Å². The molecule has 0 unspecified atom stereocenters. The topological polar surface area (TPSA) is 67.3 Å². The van der Waals surface area contributed by atoms with Crippen molar-refractivity contribution in [2.45, 2.75) is 26.1 Å². The van der Waals surface area contributed by atoms with Crippen LogP contribution < -0.4 is 5.56 Å². The Balaban J connectivity index is 1.66. The van der Waals surface area contributed by atoms with Gasteiger partial charge in [0.1, 0.15) is 0 Å². The number of hydrogen-bond acceptors (Lipinski definition) is 4. The van der Waals surface area contributed by atoms with Gasteiger partial charge >= 0.3 is 0 Å². The lowest BCUT2D eigenvalue weighted by Crippen LogP contribution is -2.30. The van der Waals surface area contributed by atoms with Crippen LogP contribution in [0, 0.1) is 4.77 Å². The standard InChI is InChI=1S/C27H27N3O3S/c1-33-16-8-15-30-26(32)23-14-13-22(17-24(23)28-27(30)34)25(31)29(18-20-9-4-2-5-10-20)19-21-11-6-3-7-12-21/h2-7,9-14,17H,8,15-16,18-19H2,1H3,(H,28,34). The maximum atomic E-state index is 13.6. The molecule has 174 valence electrons. The van der Waals surface area contributed by atoms with E-state index >= 15 is 0 Å². The van der Waals surface area contributed by atoms with Gasteiger partial charge in [-0.15, -0.1) is 0 Å². The van der Waals surface area contributed by atoms with E-state index in [4.69, 9.17) is 17.0 Å². The van der Waals surface area contributed by atoms with Crippen molar-refractivity contribution in [1.82, 2.24) is 14.5 Å². The highest BCUT2D eigenvalue weighted by Crippen LogP contribution is 2.17. The van der Waals surface area contributed by atoms with Gasteiger partial charge in [-0.1, -0.05) is 60.7 Å². The predicted molar refractivity (Wildman–Crippen MR) is 136 cm³/mol. The van der Waals surface area contributed by atoms with Crippen LogP contribution >= 0.6 is 12.2 Å². The van der Waals surface area contributed by atoms with Crippen LogP contribution in [0.15, 0.2) is 83.7 Å². The Bertz CT molecular complexity index is 1340. The highest BCUT2D eigenvalue weighted by Gasteiger charge is 2.18. The quantitative estimate of drug-likeness (QED) is 0.276. The zero-order valence-corrected chi connectivity index (χ0v) is 19.9. The number of carbonyl (C=O) groups excluding carboxylic acids is 1. The molecule has 4 rings (SSSR count). The normalized spacial score (nSPS) is 11.0. The fourth-order valence-corrected chi connectivity index (χ4v) is 4.23. The minimum atomic E-state index is -0.167. The Morgan fingerprint density at radius 3 is 2.18 bits per heavy atom. The summed E-state index contributed by atoms with van der Waals surface area (Å²) in [5.74, 6) is -0.113. The van der Waals surface area contributed by atoms with Gasteiger partial charge in [0.05, 0.1) is 10.9 Å². The predicted octanol–water partition coefficient (Wildman–Crippen LogP) is 4.94. The molecule has 0 bridgehead atoms. The van der Waals surface area contributed by atoms with Crippen LogP contribution in [0.2, 0.25) is 0 Å². The zero-order valence-electron chi connectivity index (χ0n) is 19.1. The van der Waals surface area contributed by atoms with Crippen LogP contribution in [0.4, 0.5) is 0 Å². The van der Waals surface area contributed by atoms with Crippen molar-refractivity contribution in [2.24, 2.45) is 0 Å². The van der Waals surface area contributed by atoms with E-state index in [1.807, 2.05) is 65.6 Å². The Morgan fingerprint density at radius 2 is 1.59 bits per heavy atom. The number of H-pyrrole nitrogens is 1. The Kier molecular flexibility index (Phi) is 7.67. The summed E-state index contributed by atoms with van der Waals surface area (Å²) in [5, 5.41) is 0.500. The van der Waals surface area contributed by atoms with E-state index in [1.165, 1.54) is 4.57 Å². The van der Waals surface area contributed by atoms with E-state index in [0.29, 0.717) is 53.9 Å². The summed E-state index contributed by atoms with van der Waals surface area (Å²) in [4.78, 5) is 31.5. The molecule has 0 aliphatic carbocycles. The fourth-order valence-electron chi connectivity index (χ4n) is 3.95. The molecule has 3 aromatic carbocycles. The van der Waals surface area contributed by atoms with E-state index in [2.05, 4.69) is 4.98 Å². The molecule has 7 heteroatoms. The minimum Gasteiger partial charge on any atom is -0.385 e. The molecule has 0 saturated carbocycles. The molecular formula is C27H27N3O3S. The van der Waals surface area contributed by atoms with Crippen LogP contribution in [0.3, 0.4) is 0 Å². The van der Waals surface area contributed by atoms with Crippen molar-refractivity contribution in [3.8, 4) is 0 Å². The van der Waals surface area contributed by atoms with Gasteiger partial charge < -0.3 is 14.6 Å². The number of carbonyl (C=O) groups is 1. The first kappa shape index (κ1) is 23.6. The first-order valence-electron chi connectivity index (χ1n) is 11.2. The summed E-state index contributed by atoms with van der Waals surface area (Å²) in [5.41, 5.74) is 2.99. The molecule has 4 aromatic rings. The molecule has 0 radical (unpaired) electrons. The number of aromatic nitrogens is 2. The number of rotatable bonds is 9. The number of benzene rings is 3. The van der Waals surface area contributed by atoms with Crippen LogP contribution in [0.25, 0.3) is 10.9 Å². The number of amides is 1. The number of nitrogens with zero attached hydrogens (tertiary/aromatic N) is 2. The molecule has 1 aromatic heterocycles. The van der Waals surface area contributed by atoms with Crippen molar-refractivity contribution in [1.29, 1.82) is 0 Å². The summed E-state index contributed by atoms with van der Waals surface area (Å²) in [7, 11) is 1.63. The van der Waals surface area contributed by atoms with E-state index in [0.717, 1.165) is 11.1 Å². The van der Waals surface area contributed by atoms with Crippen molar-refractivity contribution in [2.75, 3.05) is 13.7 Å². The summed E-state index contributed by atoms with van der Waals surface area (Å²) in [6.45, 7) is 1.97. The number of methoxy groups -OCH3 is 1. The second kappa shape index (κ2) is 11.0. The Morgan fingerprint density at radius 1 is 0.971 bits per heavy atom. The third kappa shape index (κ3) is 5.50. The second-order valence-corrected chi connectivity index (χ2v) is 8.51. The van der Waals surface area contributed by atoms with E-state index in [1.54, 1.807) is 25.3 Å². The first-order valence-corrected chi connectivity index (χ1v) is 11.6. The van der Waals surface area contributed by atoms with Gasteiger partial charge in [0, 0.05) is 38.9 Å². The van der Waals surface area contributed by atoms with Crippen molar-refractivity contribution < 1.29 is 9.53 Å². The molecule has 0 fully saturated rings. The largest absolute Gasteiger partial charge is 0.385 e. The maximum Gasteiger partial charge on any atom is 0.262 e. The van der Waals surface area contributed by atoms with Gasteiger partial charge in [-0.25, -0.2) is 0 Å². The zero-order chi connectivity index (χ0) is 23.9. The van der Waals surface area contributed by atoms with E-state index in [-0.39, 0.29) is 11.5 Å². The molecule has 0 aliphatic rings. The lowest BCUT2D eigenvalue weighted by Gasteiger charge is -2.23. The molecule has 1 amide bonds. The molecular weight excluding hydrogens is 446 g/mol. The fraction of sp³-hybridized carbons (Fsp3) is 0.222. The van der Waals surface area contributed by atoms with Crippen molar-refractivity contribution in [3.63, 3.8) is 0 Å². The number of ether oxygens (including phenoxy) is 1. The minimum absolute atomic E-state index is 0.113. The Labute approximate surface area is 203 Å². The Hall–Kier alpha value is -3.55. The van der Waals surface area contributed by atoms with Gasteiger partial charge in [-0.2, -0.15) is 0 Å². The molecule has 0 aliphatic heterocycles. The van der Waals surface area contributed by atoms with Gasteiger partial charge in [-0.05, 0) is 48.0 Å². The highest BCUT2D eigenvalue weighted by molar-refractivity contribution is 7.71. The van der Waals surface area contributed by atoms with E-state index in [9.17, 15) is 9.59 Å². The van der Waals surface area contributed by atoms with Gasteiger partial charge in [-0.3, -0.25) is 14.2 Å². The smallest absolute Gasteiger partial charge is 0.262 e. The highest BCUT2D eigenvalue weighted by atomic mass is 32.1. The molecule has 0 atom stereocenters. The van der Waals surface area contributed by atoms with Crippen LogP contribution in [0.5, 0.6) is 0 Å². The first-order chi connectivity index (χ1) is 16.6. The number of nitrogens with one attached hydrogen (secondary N) is 1. The lowest BCUT2D eigenvalue weighted by molar-refractivity contribution is 0.0730. The summed E-state index contributed by atoms with van der Waals surface area (Å²) < 4.78 is 6.95. The third-order valence-corrected chi connectivity index (χ3v) is 6.00. The van der Waals surface area contributed by atoms with Gasteiger partial charge in [0.25, 0.3) is 11.5 Å². The molecule has 0 spiro atoms. The molecule has 0 saturated heterocycles. The van der Waals surface area contributed by atoms with Crippen LogP contribution in [0.1, 0.15) is 27.9 Å². The lowest BCUT2D eigenvalue weighted by atomic mass is 10.1. The van der Waals surface area contributed by atoms with Crippen LogP contribution in [-0.4, -0.2) is 34.1 Å². The van der Waals surface area contributed by atoms with Crippen molar-refractivity contribution >= 4 is 29.0 Å². The van der Waals surface area contributed by atoms with Crippen LogP contribution in [-0.2, 0) is 24.4 Å². The molecule has 1 N–H and O–H groups in total.